The third-order valence-electron chi connectivity index (χ3n) is 7.15. The van der Waals surface area contributed by atoms with E-state index in [-0.39, 0.29) is 6.04 Å². The summed E-state index contributed by atoms with van der Waals surface area (Å²) in [5.41, 5.74) is 10.2. The van der Waals surface area contributed by atoms with E-state index in [0.29, 0.717) is 38.6 Å². The first-order valence-electron chi connectivity index (χ1n) is 13.3. The molecule has 0 bridgehead atoms. The number of pyridine rings is 2. The van der Waals surface area contributed by atoms with Crippen LogP contribution < -0.4 is 21.6 Å². The van der Waals surface area contributed by atoms with Gasteiger partial charge in [-0.3, -0.25) is 15.0 Å². The molecule has 2 aromatic carbocycles. The van der Waals surface area contributed by atoms with Crippen LogP contribution >= 0.6 is 11.6 Å². The molecule has 2 aromatic heterocycles. The zero-order chi connectivity index (χ0) is 29.9. The number of benzene rings is 2. The standard InChI is InChI=1S/C31H29ClF3N7/c1-4-20-17-37-30-24(28(20)39-26(5-2)21-10-7-6-8-11-21)14-23(15-25(30)32)38-29(22-12-9-13-36-16-22)27-18-42(41-40-27)19(3)31(33,34)35/h1,6-19,26,29,38,40-41H,5H2,2-3H3,(H,37,39)/t19?,26-,29+/m1/s1. The monoisotopic (exact) mass is 591 g/mol. The zero-order valence-electron chi connectivity index (χ0n) is 22.9. The Kier molecular flexibility index (Phi) is 8.43. The van der Waals surface area contributed by atoms with Gasteiger partial charge in [0.2, 0.25) is 0 Å². The van der Waals surface area contributed by atoms with E-state index in [0.717, 1.165) is 29.5 Å². The fourth-order valence-electron chi connectivity index (χ4n) is 4.80. The second-order valence-electron chi connectivity index (χ2n) is 9.87. The molecule has 42 heavy (non-hydrogen) atoms. The summed E-state index contributed by atoms with van der Waals surface area (Å²) in [6, 6.07) is 14.9. The number of hydrogen-bond donors (Lipinski definition) is 4. The lowest BCUT2D eigenvalue weighted by atomic mass is 10.0. The Labute approximate surface area is 247 Å². The fraction of sp³-hybridized carbons (Fsp3) is 0.226. The molecule has 0 fully saturated rings. The maximum absolute atomic E-state index is 13.4. The van der Waals surface area contributed by atoms with E-state index in [4.69, 9.17) is 18.0 Å². The Hall–Kier alpha value is -4.46. The van der Waals surface area contributed by atoms with Crippen molar-refractivity contribution in [2.24, 2.45) is 0 Å². The summed E-state index contributed by atoms with van der Waals surface area (Å²) in [6.45, 7) is 3.16. The molecule has 1 aliphatic heterocycles. The highest BCUT2D eigenvalue weighted by atomic mass is 35.5. The van der Waals surface area contributed by atoms with E-state index in [9.17, 15) is 13.2 Å². The molecular weight excluding hydrogens is 563 g/mol. The van der Waals surface area contributed by atoms with Crippen LogP contribution in [0.15, 0.2) is 85.1 Å². The summed E-state index contributed by atoms with van der Waals surface area (Å²) in [6.07, 6.45) is 8.55. The maximum Gasteiger partial charge on any atom is 0.410 e. The van der Waals surface area contributed by atoms with Crippen molar-refractivity contribution < 1.29 is 13.2 Å². The van der Waals surface area contributed by atoms with E-state index >= 15 is 0 Å². The molecule has 11 heteroatoms. The quantitative estimate of drug-likeness (QED) is 0.155. The number of fused-ring (bicyclic) bond motifs is 1. The number of alkyl halides is 3. The van der Waals surface area contributed by atoms with Crippen molar-refractivity contribution in [3.05, 3.63) is 107 Å². The van der Waals surface area contributed by atoms with Gasteiger partial charge in [0.15, 0.2) is 0 Å². The van der Waals surface area contributed by atoms with Crippen LogP contribution in [-0.4, -0.2) is 27.2 Å². The highest BCUT2D eigenvalue weighted by molar-refractivity contribution is 6.35. The fourth-order valence-corrected chi connectivity index (χ4v) is 5.07. The van der Waals surface area contributed by atoms with E-state index in [1.807, 2.05) is 30.3 Å². The topological polar surface area (TPSA) is 77.1 Å². The van der Waals surface area contributed by atoms with Gasteiger partial charge in [0.05, 0.1) is 39.6 Å². The van der Waals surface area contributed by atoms with Gasteiger partial charge in [-0.25, -0.2) is 0 Å². The van der Waals surface area contributed by atoms with E-state index in [2.05, 4.69) is 56.5 Å². The van der Waals surface area contributed by atoms with E-state index in [1.165, 1.54) is 6.20 Å². The minimum Gasteiger partial charge on any atom is -0.377 e. The second-order valence-corrected chi connectivity index (χ2v) is 10.3. The number of halogens is 4. The lowest BCUT2D eigenvalue weighted by Crippen LogP contribution is -2.48. The van der Waals surface area contributed by atoms with Crippen LogP contribution in [0.2, 0.25) is 5.02 Å². The molecule has 0 saturated heterocycles. The van der Waals surface area contributed by atoms with Crippen LogP contribution in [0, 0.1) is 12.3 Å². The number of nitrogens with one attached hydrogen (secondary N) is 4. The van der Waals surface area contributed by atoms with Crippen molar-refractivity contribution in [3.63, 3.8) is 0 Å². The molecule has 4 aromatic rings. The van der Waals surface area contributed by atoms with Crippen LogP contribution in [0.3, 0.4) is 0 Å². The van der Waals surface area contributed by atoms with Crippen molar-refractivity contribution in [2.45, 2.75) is 44.6 Å². The predicted molar refractivity (Wildman–Crippen MR) is 160 cm³/mol. The van der Waals surface area contributed by atoms with Gasteiger partial charge in [0.25, 0.3) is 0 Å². The highest BCUT2D eigenvalue weighted by Crippen LogP contribution is 2.37. The van der Waals surface area contributed by atoms with Crippen molar-refractivity contribution in [2.75, 3.05) is 10.6 Å². The van der Waals surface area contributed by atoms with Crippen LogP contribution in [0.1, 0.15) is 49.0 Å². The lowest BCUT2D eigenvalue weighted by Gasteiger charge is -2.25. The van der Waals surface area contributed by atoms with Gasteiger partial charge in [-0.05, 0) is 42.7 Å². The summed E-state index contributed by atoms with van der Waals surface area (Å²) in [7, 11) is 0. The number of nitrogens with zero attached hydrogens (tertiary/aromatic N) is 3. The number of rotatable bonds is 9. The van der Waals surface area contributed by atoms with Crippen LogP contribution in [0.4, 0.5) is 24.5 Å². The summed E-state index contributed by atoms with van der Waals surface area (Å²) in [5, 5.41) is 9.10. The second kappa shape index (κ2) is 12.2. The van der Waals surface area contributed by atoms with Crippen molar-refractivity contribution in [3.8, 4) is 12.3 Å². The number of aromatic nitrogens is 2. The average Bonchev–Trinajstić information content (AvgIpc) is 3.48. The predicted octanol–water partition coefficient (Wildman–Crippen LogP) is 7.10. The Morgan fingerprint density at radius 2 is 1.83 bits per heavy atom. The smallest absolute Gasteiger partial charge is 0.377 e. The first-order chi connectivity index (χ1) is 20.2. The average molecular weight is 592 g/mol. The van der Waals surface area contributed by atoms with Crippen molar-refractivity contribution in [1.29, 1.82) is 0 Å². The number of hydrogen-bond acceptors (Lipinski definition) is 7. The summed E-state index contributed by atoms with van der Waals surface area (Å²) in [4.78, 5) is 8.74. The van der Waals surface area contributed by atoms with Gasteiger partial charge in [0, 0.05) is 35.9 Å². The van der Waals surface area contributed by atoms with Crippen LogP contribution in [0.25, 0.3) is 10.9 Å². The molecule has 216 valence electrons. The molecule has 0 amide bonds. The number of terminal acetylenes is 1. The lowest BCUT2D eigenvalue weighted by molar-refractivity contribution is -0.178. The molecule has 3 atom stereocenters. The molecule has 1 aliphatic rings. The van der Waals surface area contributed by atoms with Crippen molar-refractivity contribution in [1.82, 2.24) is 25.9 Å². The third-order valence-corrected chi connectivity index (χ3v) is 7.44. The largest absolute Gasteiger partial charge is 0.410 e. The molecule has 4 N–H and O–H groups in total. The van der Waals surface area contributed by atoms with Gasteiger partial charge in [0.1, 0.15) is 6.04 Å². The first-order valence-corrected chi connectivity index (χ1v) is 13.7. The molecular formula is C31H29ClF3N7. The van der Waals surface area contributed by atoms with Gasteiger partial charge in [-0.1, -0.05) is 60.8 Å². The first kappa shape index (κ1) is 29.0. The van der Waals surface area contributed by atoms with Gasteiger partial charge >= 0.3 is 6.18 Å². The Balaban J connectivity index is 1.56. The molecule has 0 spiro atoms. The molecule has 3 heterocycles. The normalized spacial score (nSPS) is 15.4. The molecule has 5 rings (SSSR count). The SMILES string of the molecule is C#Cc1cnc2c(Cl)cc(N[C@H](C3=CN(C(C)C(F)(F)F)NN3)c3cccnc3)cc2c1N[C@H](CC)c1ccccc1. The number of hydrazine groups is 2. The summed E-state index contributed by atoms with van der Waals surface area (Å²) in [5.74, 6) is 2.72. The molecule has 7 nitrogen and oxygen atoms in total. The molecule has 0 aliphatic carbocycles. The molecule has 1 unspecified atom stereocenters. The minimum absolute atomic E-state index is 0.0250. The maximum atomic E-state index is 13.4. The van der Waals surface area contributed by atoms with Gasteiger partial charge in [-0.2, -0.15) is 13.2 Å². The van der Waals surface area contributed by atoms with Crippen LogP contribution in [0.5, 0.6) is 0 Å². The summed E-state index contributed by atoms with van der Waals surface area (Å²) >= 11 is 6.75. The molecule has 0 saturated carbocycles. The zero-order valence-corrected chi connectivity index (χ0v) is 23.6. The minimum atomic E-state index is -4.43. The van der Waals surface area contributed by atoms with Crippen LogP contribution in [-0.2, 0) is 0 Å². The third kappa shape index (κ3) is 6.08. The number of anilines is 2. The van der Waals surface area contributed by atoms with Crippen molar-refractivity contribution >= 4 is 33.9 Å². The van der Waals surface area contributed by atoms with Gasteiger partial charge in [-0.15, -0.1) is 12.0 Å². The molecule has 0 radical (unpaired) electrons. The Morgan fingerprint density at radius 3 is 2.50 bits per heavy atom. The van der Waals surface area contributed by atoms with E-state index < -0.39 is 18.3 Å². The Bertz CT molecular complexity index is 1620. The Morgan fingerprint density at radius 1 is 1.07 bits per heavy atom. The van der Waals surface area contributed by atoms with E-state index in [1.54, 1.807) is 30.7 Å². The highest BCUT2D eigenvalue weighted by Gasteiger charge is 2.41. The summed E-state index contributed by atoms with van der Waals surface area (Å²) < 4.78 is 40.2. The van der Waals surface area contributed by atoms with Gasteiger partial charge < -0.3 is 16.1 Å².